The summed E-state index contributed by atoms with van der Waals surface area (Å²) < 4.78 is 0. The van der Waals surface area contributed by atoms with Crippen LogP contribution in [0.4, 0.5) is 0 Å². The van der Waals surface area contributed by atoms with Crippen LogP contribution in [0.3, 0.4) is 0 Å². The van der Waals surface area contributed by atoms with Crippen molar-refractivity contribution >= 4 is 16.9 Å². The lowest BCUT2D eigenvalue weighted by Crippen LogP contribution is -2.41. The second-order valence-electron chi connectivity index (χ2n) is 5.12. The van der Waals surface area contributed by atoms with Gasteiger partial charge >= 0.3 is 0 Å². The maximum atomic E-state index is 4.57. The first-order chi connectivity index (χ1) is 7.24. The normalized spacial score (nSPS) is 29.2. The number of thioether (sulfide) groups is 1. The van der Waals surface area contributed by atoms with E-state index in [1.165, 1.54) is 36.6 Å². The molecule has 0 bridgehead atoms. The molecule has 2 aliphatic rings. The van der Waals surface area contributed by atoms with Crippen molar-refractivity contribution in [2.45, 2.75) is 39.5 Å². The van der Waals surface area contributed by atoms with E-state index in [9.17, 15) is 0 Å². The Morgan fingerprint density at radius 2 is 2.33 bits per heavy atom. The highest BCUT2D eigenvalue weighted by Gasteiger charge is 2.35. The van der Waals surface area contributed by atoms with E-state index in [0.29, 0.717) is 5.41 Å². The lowest BCUT2D eigenvalue weighted by molar-refractivity contribution is 0.132. The number of amidine groups is 1. The van der Waals surface area contributed by atoms with E-state index in [4.69, 9.17) is 0 Å². The Bertz CT molecular complexity index is 240. The molecule has 1 aliphatic carbocycles. The lowest BCUT2D eigenvalue weighted by Gasteiger charge is -2.41. The van der Waals surface area contributed by atoms with Crippen LogP contribution in [0.2, 0.25) is 0 Å². The minimum Gasteiger partial charge on any atom is -0.364 e. The number of rotatable bonds is 3. The van der Waals surface area contributed by atoms with Crippen LogP contribution in [0.25, 0.3) is 0 Å². The van der Waals surface area contributed by atoms with Crippen molar-refractivity contribution in [3.05, 3.63) is 0 Å². The van der Waals surface area contributed by atoms with Gasteiger partial charge in [-0.2, -0.15) is 0 Å². The van der Waals surface area contributed by atoms with Gasteiger partial charge in [0.05, 0.1) is 0 Å². The first-order valence-electron chi connectivity index (χ1n) is 6.15. The number of aliphatic imine (C=N–C) groups is 1. The van der Waals surface area contributed by atoms with Gasteiger partial charge in [0, 0.05) is 18.8 Å². The van der Waals surface area contributed by atoms with Crippen molar-refractivity contribution in [1.29, 1.82) is 0 Å². The molecule has 1 saturated carbocycles. The van der Waals surface area contributed by atoms with Crippen LogP contribution in [-0.2, 0) is 0 Å². The van der Waals surface area contributed by atoms with Crippen molar-refractivity contribution in [2.75, 3.05) is 18.8 Å². The van der Waals surface area contributed by atoms with Gasteiger partial charge in [-0.3, -0.25) is 4.99 Å². The van der Waals surface area contributed by atoms with Crippen LogP contribution in [0, 0.1) is 11.3 Å². The van der Waals surface area contributed by atoms with Gasteiger partial charge in [0.1, 0.15) is 0 Å². The Morgan fingerprint density at radius 3 is 2.80 bits per heavy atom. The number of hydrogen-bond donors (Lipinski definition) is 1. The molecule has 0 radical (unpaired) electrons. The second-order valence-corrected chi connectivity index (χ2v) is 6.13. The zero-order valence-corrected chi connectivity index (χ0v) is 10.7. The molecule has 0 aromatic carbocycles. The Hall–Kier alpha value is -0.180. The van der Waals surface area contributed by atoms with Crippen molar-refractivity contribution in [2.24, 2.45) is 16.3 Å². The monoisotopic (exact) mass is 226 g/mol. The minimum absolute atomic E-state index is 0.603. The summed E-state index contributed by atoms with van der Waals surface area (Å²) in [6, 6.07) is 0. The van der Waals surface area contributed by atoms with E-state index in [-0.39, 0.29) is 0 Å². The number of nitrogens with one attached hydrogen (secondary N) is 1. The molecule has 1 heterocycles. The van der Waals surface area contributed by atoms with Crippen molar-refractivity contribution in [3.63, 3.8) is 0 Å². The first-order valence-corrected chi connectivity index (χ1v) is 7.14. The van der Waals surface area contributed by atoms with E-state index >= 15 is 0 Å². The van der Waals surface area contributed by atoms with E-state index in [1.54, 1.807) is 0 Å². The van der Waals surface area contributed by atoms with Gasteiger partial charge < -0.3 is 5.32 Å². The van der Waals surface area contributed by atoms with Crippen LogP contribution >= 0.6 is 11.8 Å². The molecule has 1 atom stereocenters. The van der Waals surface area contributed by atoms with E-state index < -0.39 is 0 Å². The average Bonchev–Trinajstić information content (AvgIpc) is 2.20. The Kier molecular flexibility index (Phi) is 3.60. The predicted octanol–water partition coefficient (Wildman–Crippen LogP) is 2.90. The molecule has 0 amide bonds. The van der Waals surface area contributed by atoms with Gasteiger partial charge in [-0.15, -0.1) is 0 Å². The van der Waals surface area contributed by atoms with Crippen molar-refractivity contribution in [3.8, 4) is 0 Å². The van der Waals surface area contributed by atoms with Gasteiger partial charge in [-0.05, 0) is 30.6 Å². The molecule has 1 unspecified atom stereocenters. The van der Waals surface area contributed by atoms with E-state index in [0.717, 1.165) is 19.0 Å². The molecule has 0 saturated heterocycles. The third-order valence-corrected chi connectivity index (χ3v) is 5.11. The maximum Gasteiger partial charge on any atom is 0.156 e. The third kappa shape index (κ3) is 2.68. The summed E-state index contributed by atoms with van der Waals surface area (Å²) in [6.07, 6.45) is 5.55. The van der Waals surface area contributed by atoms with Gasteiger partial charge in [0.25, 0.3) is 0 Å². The summed E-state index contributed by atoms with van der Waals surface area (Å²) in [5.74, 6) is 1.98. The van der Waals surface area contributed by atoms with Crippen LogP contribution in [0.1, 0.15) is 39.5 Å². The van der Waals surface area contributed by atoms with Crippen LogP contribution < -0.4 is 5.32 Å². The highest BCUT2D eigenvalue weighted by Crippen LogP contribution is 2.43. The standard InChI is InChI=1S/C12H22N2S/c1-3-12(5-4-6-12)9-14-11-13-7-10(2)8-15-11/h10H,3-9H2,1-2H3,(H,13,14). The molecule has 1 N–H and O–H groups in total. The molecule has 3 heteroatoms. The molecule has 1 fully saturated rings. The molecule has 0 spiro atoms. The summed E-state index contributed by atoms with van der Waals surface area (Å²) in [5.41, 5.74) is 0.603. The summed E-state index contributed by atoms with van der Waals surface area (Å²) in [7, 11) is 0. The fourth-order valence-corrected chi connectivity index (χ4v) is 3.15. The van der Waals surface area contributed by atoms with Gasteiger partial charge in [-0.1, -0.05) is 32.0 Å². The minimum atomic E-state index is 0.603. The zero-order chi connectivity index (χ0) is 10.7. The molecule has 1 aliphatic heterocycles. The fourth-order valence-electron chi connectivity index (χ4n) is 2.26. The van der Waals surface area contributed by atoms with E-state index in [1.807, 2.05) is 11.8 Å². The molecular formula is C12H22N2S. The molecule has 2 rings (SSSR count). The smallest absolute Gasteiger partial charge is 0.156 e. The average molecular weight is 226 g/mol. The van der Waals surface area contributed by atoms with Crippen LogP contribution in [0.15, 0.2) is 4.99 Å². The highest BCUT2D eigenvalue weighted by molar-refractivity contribution is 8.13. The largest absolute Gasteiger partial charge is 0.364 e. The summed E-state index contributed by atoms with van der Waals surface area (Å²) in [4.78, 5) is 4.57. The summed E-state index contributed by atoms with van der Waals surface area (Å²) in [5, 5.41) is 4.74. The van der Waals surface area contributed by atoms with Crippen LogP contribution in [-0.4, -0.2) is 24.0 Å². The number of nitrogens with zero attached hydrogens (tertiary/aromatic N) is 1. The number of hydrogen-bond acceptors (Lipinski definition) is 3. The van der Waals surface area contributed by atoms with E-state index in [2.05, 4.69) is 24.2 Å². The van der Waals surface area contributed by atoms with Gasteiger partial charge in [0.15, 0.2) is 5.17 Å². The fraction of sp³-hybridized carbons (Fsp3) is 0.917. The summed E-state index contributed by atoms with van der Waals surface area (Å²) >= 11 is 1.90. The van der Waals surface area contributed by atoms with Crippen LogP contribution in [0.5, 0.6) is 0 Å². The van der Waals surface area contributed by atoms with Crippen molar-refractivity contribution < 1.29 is 0 Å². The third-order valence-electron chi connectivity index (χ3n) is 3.83. The molecule has 2 nitrogen and oxygen atoms in total. The zero-order valence-electron chi connectivity index (χ0n) is 9.88. The molecular weight excluding hydrogens is 204 g/mol. The molecule has 86 valence electrons. The topological polar surface area (TPSA) is 24.4 Å². The van der Waals surface area contributed by atoms with Crippen molar-refractivity contribution in [1.82, 2.24) is 5.32 Å². The Labute approximate surface area is 97.3 Å². The molecule has 0 aromatic rings. The Balaban J connectivity index is 1.78. The molecule has 0 aromatic heterocycles. The summed E-state index contributed by atoms with van der Waals surface area (Å²) in [6.45, 7) is 6.74. The second kappa shape index (κ2) is 4.77. The quantitative estimate of drug-likeness (QED) is 0.800. The van der Waals surface area contributed by atoms with Gasteiger partial charge in [-0.25, -0.2) is 0 Å². The first kappa shape index (κ1) is 11.3. The molecule has 15 heavy (non-hydrogen) atoms. The Morgan fingerprint density at radius 1 is 1.53 bits per heavy atom. The SMILES string of the molecule is CCC1(CNC2=NCC(C)CS2)CCC1. The maximum absolute atomic E-state index is 4.57. The lowest BCUT2D eigenvalue weighted by atomic mass is 9.67. The van der Waals surface area contributed by atoms with Gasteiger partial charge in [0.2, 0.25) is 0 Å². The highest BCUT2D eigenvalue weighted by atomic mass is 32.2. The predicted molar refractivity (Wildman–Crippen MR) is 68.5 cm³/mol.